The summed E-state index contributed by atoms with van der Waals surface area (Å²) < 4.78 is 5.10. The number of hydrogen-bond acceptors (Lipinski definition) is 3. The Morgan fingerprint density at radius 1 is 1.43 bits per heavy atom. The monoisotopic (exact) mass is 202 g/mol. The molecule has 0 bridgehead atoms. The van der Waals surface area contributed by atoms with Crippen LogP contribution in [0.3, 0.4) is 0 Å². The summed E-state index contributed by atoms with van der Waals surface area (Å²) in [5.74, 6) is -2.55. The molecule has 0 aliphatic rings. The fraction of sp³-hybridized carbons (Fsp3) is 0.556. The smallest absolute Gasteiger partial charge is 0.334 e. The third-order valence-electron chi connectivity index (χ3n) is 1.67. The number of carboxylic acids is 2. The standard InChI is InChI=1S/C9H14O5/c1-3-6(2)14-5-7(9(12)13)4-8(10)11/h4,6H,3,5H2,1-2H3,(H,10,11)(H,12,13)/b7-4-. The summed E-state index contributed by atoms with van der Waals surface area (Å²) in [6.07, 6.45) is 1.32. The summed E-state index contributed by atoms with van der Waals surface area (Å²) in [6, 6.07) is 0. The van der Waals surface area contributed by atoms with Crippen LogP contribution in [0.4, 0.5) is 0 Å². The van der Waals surface area contributed by atoms with Gasteiger partial charge in [-0.1, -0.05) is 6.92 Å². The van der Waals surface area contributed by atoms with E-state index in [4.69, 9.17) is 14.9 Å². The van der Waals surface area contributed by atoms with Crippen molar-refractivity contribution in [1.29, 1.82) is 0 Å². The van der Waals surface area contributed by atoms with Crippen molar-refractivity contribution in [3.8, 4) is 0 Å². The minimum absolute atomic E-state index is 0.0773. The van der Waals surface area contributed by atoms with Crippen LogP contribution in [0.25, 0.3) is 0 Å². The van der Waals surface area contributed by atoms with Crippen LogP contribution in [0.5, 0.6) is 0 Å². The molecule has 0 aliphatic carbocycles. The Morgan fingerprint density at radius 3 is 2.36 bits per heavy atom. The average molecular weight is 202 g/mol. The van der Waals surface area contributed by atoms with Crippen LogP contribution in [0, 0.1) is 0 Å². The lowest BCUT2D eigenvalue weighted by Crippen LogP contribution is -2.15. The van der Waals surface area contributed by atoms with Crippen molar-refractivity contribution >= 4 is 11.9 Å². The molecule has 0 saturated heterocycles. The van der Waals surface area contributed by atoms with Crippen molar-refractivity contribution in [2.24, 2.45) is 0 Å². The minimum atomic E-state index is -1.28. The first-order valence-corrected chi connectivity index (χ1v) is 4.25. The fourth-order valence-electron chi connectivity index (χ4n) is 0.664. The molecule has 0 amide bonds. The number of aliphatic carboxylic acids is 2. The van der Waals surface area contributed by atoms with Crippen LogP contribution in [0.15, 0.2) is 11.6 Å². The zero-order valence-electron chi connectivity index (χ0n) is 8.19. The van der Waals surface area contributed by atoms with E-state index in [9.17, 15) is 9.59 Å². The van der Waals surface area contributed by atoms with Gasteiger partial charge in [-0.2, -0.15) is 0 Å². The summed E-state index contributed by atoms with van der Waals surface area (Å²) in [6.45, 7) is 3.50. The molecule has 0 saturated carbocycles. The van der Waals surface area contributed by atoms with Crippen molar-refractivity contribution in [3.63, 3.8) is 0 Å². The van der Waals surface area contributed by atoms with E-state index in [2.05, 4.69) is 0 Å². The molecule has 14 heavy (non-hydrogen) atoms. The van der Waals surface area contributed by atoms with E-state index in [-0.39, 0.29) is 18.3 Å². The highest BCUT2D eigenvalue weighted by Gasteiger charge is 2.11. The maximum atomic E-state index is 10.5. The predicted octanol–water partition coefficient (Wildman–Crippen LogP) is 0.897. The highest BCUT2D eigenvalue weighted by atomic mass is 16.5. The average Bonchev–Trinajstić information content (AvgIpc) is 2.10. The number of ether oxygens (including phenoxy) is 1. The largest absolute Gasteiger partial charge is 0.478 e. The van der Waals surface area contributed by atoms with Gasteiger partial charge in [0.05, 0.1) is 18.3 Å². The van der Waals surface area contributed by atoms with Crippen LogP contribution in [0.2, 0.25) is 0 Å². The second kappa shape index (κ2) is 6.15. The number of carbonyl (C=O) groups is 2. The van der Waals surface area contributed by atoms with Gasteiger partial charge >= 0.3 is 11.9 Å². The lowest BCUT2D eigenvalue weighted by molar-refractivity contribution is -0.135. The first-order valence-electron chi connectivity index (χ1n) is 4.25. The molecule has 0 heterocycles. The lowest BCUT2D eigenvalue weighted by Gasteiger charge is -2.10. The first-order chi connectivity index (χ1) is 6.47. The minimum Gasteiger partial charge on any atom is -0.478 e. The second-order valence-electron chi connectivity index (χ2n) is 2.84. The molecule has 0 radical (unpaired) electrons. The number of rotatable bonds is 6. The Kier molecular flexibility index (Phi) is 5.55. The molecule has 5 nitrogen and oxygen atoms in total. The molecule has 0 spiro atoms. The molecular weight excluding hydrogens is 188 g/mol. The Morgan fingerprint density at radius 2 is 2.00 bits per heavy atom. The van der Waals surface area contributed by atoms with Crippen LogP contribution in [0.1, 0.15) is 20.3 Å². The van der Waals surface area contributed by atoms with Gasteiger partial charge in [0, 0.05) is 6.08 Å². The Hall–Kier alpha value is -1.36. The third-order valence-corrected chi connectivity index (χ3v) is 1.67. The molecule has 0 aromatic heterocycles. The Bertz CT molecular complexity index is 244. The van der Waals surface area contributed by atoms with Crippen molar-refractivity contribution in [2.75, 3.05) is 6.61 Å². The van der Waals surface area contributed by atoms with E-state index in [1.807, 2.05) is 6.92 Å². The molecule has 0 aromatic carbocycles. The van der Waals surface area contributed by atoms with Crippen LogP contribution < -0.4 is 0 Å². The van der Waals surface area contributed by atoms with Gasteiger partial charge in [-0.15, -0.1) is 0 Å². The van der Waals surface area contributed by atoms with E-state index in [1.165, 1.54) is 0 Å². The van der Waals surface area contributed by atoms with Crippen LogP contribution >= 0.6 is 0 Å². The normalized spacial score (nSPS) is 13.7. The summed E-state index contributed by atoms with van der Waals surface area (Å²) in [4.78, 5) is 20.8. The van der Waals surface area contributed by atoms with Gasteiger partial charge in [0.1, 0.15) is 0 Å². The molecule has 0 aliphatic heterocycles. The van der Waals surface area contributed by atoms with Gasteiger partial charge in [0.15, 0.2) is 0 Å². The van der Waals surface area contributed by atoms with Gasteiger partial charge in [-0.25, -0.2) is 9.59 Å². The quantitative estimate of drug-likeness (QED) is 0.625. The summed E-state index contributed by atoms with van der Waals surface area (Å²) in [5.41, 5.74) is -0.252. The maximum absolute atomic E-state index is 10.5. The SMILES string of the molecule is CCC(C)OC/C(=C/C(=O)O)C(=O)O. The molecule has 2 N–H and O–H groups in total. The number of hydrogen-bond donors (Lipinski definition) is 2. The van der Waals surface area contributed by atoms with E-state index < -0.39 is 11.9 Å². The predicted molar refractivity (Wildman–Crippen MR) is 49.1 cm³/mol. The highest BCUT2D eigenvalue weighted by molar-refractivity contribution is 5.94. The molecule has 0 rings (SSSR count). The summed E-state index contributed by atoms with van der Waals surface area (Å²) in [7, 11) is 0. The molecule has 1 atom stereocenters. The van der Waals surface area contributed by atoms with E-state index >= 15 is 0 Å². The zero-order chi connectivity index (χ0) is 11.1. The van der Waals surface area contributed by atoms with E-state index in [0.29, 0.717) is 6.08 Å². The Labute approximate surface area is 82.0 Å². The van der Waals surface area contributed by atoms with E-state index in [1.54, 1.807) is 6.92 Å². The third kappa shape index (κ3) is 5.31. The molecule has 1 unspecified atom stereocenters. The van der Waals surface area contributed by atoms with Crippen molar-refractivity contribution < 1.29 is 24.5 Å². The van der Waals surface area contributed by atoms with Gasteiger partial charge in [-0.3, -0.25) is 0 Å². The molecule has 0 fully saturated rings. The molecule has 80 valence electrons. The summed E-state index contributed by atoms with van der Waals surface area (Å²) >= 11 is 0. The van der Waals surface area contributed by atoms with Crippen molar-refractivity contribution in [3.05, 3.63) is 11.6 Å². The zero-order valence-corrected chi connectivity index (χ0v) is 8.19. The van der Waals surface area contributed by atoms with Crippen molar-refractivity contribution in [1.82, 2.24) is 0 Å². The van der Waals surface area contributed by atoms with Gasteiger partial charge in [0.25, 0.3) is 0 Å². The Balaban J connectivity index is 4.26. The van der Waals surface area contributed by atoms with Crippen LogP contribution in [-0.4, -0.2) is 34.9 Å². The molecule has 5 heteroatoms. The maximum Gasteiger partial charge on any atom is 0.334 e. The first kappa shape index (κ1) is 12.6. The van der Waals surface area contributed by atoms with Gasteiger partial charge in [0.2, 0.25) is 0 Å². The van der Waals surface area contributed by atoms with E-state index in [0.717, 1.165) is 6.42 Å². The summed E-state index contributed by atoms with van der Waals surface area (Å²) in [5, 5.41) is 17.0. The highest BCUT2D eigenvalue weighted by Crippen LogP contribution is 2.02. The molecule has 0 aromatic rings. The topological polar surface area (TPSA) is 83.8 Å². The lowest BCUT2D eigenvalue weighted by atomic mass is 10.2. The second-order valence-corrected chi connectivity index (χ2v) is 2.84. The van der Waals surface area contributed by atoms with Gasteiger partial charge in [-0.05, 0) is 13.3 Å². The van der Waals surface area contributed by atoms with Crippen molar-refractivity contribution in [2.45, 2.75) is 26.4 Å². The molecular formula is C9H14O5. The number of carboxylic acid groups (broad SMARTS) is 2. The van der Waals surface area contributed by atoms with Crippen LogP contribution in [-0.2, 0) is 14.3 Å². The fourth-order valence-corrected chi connectivity index (χ4v) is 0.664. The van der Waals surface area contributed by atoms with Gasteiger partial charge < -0.3 is 14.9 Å².